The molecule has 2 rings (SSSR count). The van der Waals surface area contributed by atoms with Crippen molar-refractivity contribution in [2.45, 2.75) is 6.92 Å². The quantitative estimate of drug-likeness (QED) is 0.482. The SMILES string of the molecule is COc1cc(/[13CH]=[13C]2\N=C(C)O[13C]2=O)ccc1O. The van der Waals surface area contributed by atoms with Gasteiger partial charge in [0.15, 0.2) is 23.1 Å². The standard InChI is InChI=1S/C12H11NO4/c1-7-13-9(12(15)17-7)5-8-3-4-10(14)11(6-8)16-2/h3-6,14H,1-2H3/b9-5-/i5+1,9+1,12+1. The number of benzene rings is 1. The van der Waals surface area contributed by atoms with E-state index in [9.17, 15) is 9.90 Å². The van der Waals surface area contributed by atoms with E-state index in [1.165, 1.54) is 13.2 Å². The predicted molar refractivity (Wildman–Crippen MR) is 61.8 cm³/mol. The van der Waals surface area contributed by atoms with E-state index in [1.54, 1.807) is 25.1 Å². The van der Waals surface area contributed by atoms with Crippen LogP contribution in [0.3, 0.4) is 0 Å². The lowest BCUT2D eigenvalue weighted by molar-refractivity contribution is -0.130. The monoisotopic (exact) mass is 236 g/mol. The van der Waals surface area contributed by atoms with Gasteiger partial charge in [-0.25, -0.2) is 9.79 Å². The number of aliphatic imine (C=N–C) groups is 1. The number of rotatable bonds is 2. The molecule has 1 aliphatic rings. The molecule has 17 heavy (non-hydrogen) atoms. The number of phenolic OH excluding ortho intramolecular Hbond substituents is 1. The molecule has 0 unspecified atom stereocenters. The summed E-state index contributed by atoms with van der Waals surface area (Å²) in [6, 6.07) is 4.75. The minimum atomic E-state index is -0.477. The maximum Gasteiger partial charge on any atom is 0.363 e. The second kappa shape index (κ2) is 4.29. The van der Waals surface area contributed by atoms with Crippen molar-refractivity contribution in [1.82, 2.24) is 0 Å². The van der Waals surface area contributed by atoms with Crippen LogP contribution in [0.4, 0.5) is 0 Å². The fraction of sp³-hybridized carbons (Fsp3) is 0.167. The molecule has 5 heteroatoms. The van der Waals surface area contributed by atoms with Gasteiger partial charge in [-0.05, 0) is 23.8 Å². The van der Waals surface area contributed by atoms with Crippen molar-refractivity contribution in [3.63, 3.8) is 0 Å². The Morgan fingerprint density at radius 3 is 2.82 bits per heavy atom. The number of methoxy groups -OCH3 is 1. The van der Waals surface area contributed by atoms with Gasteiger partial charge in [-0.1, -0.05) is 6.07 Å². The number of ether oxygens (including phenoxy) is 2. The molecule has 0 aliphatic carbocycles. The summed E-state index contributed by atoms with van der Waals surface area (Å²) in [6.07, 6.45) is 1.57. The maximum atomic E-state index is 11.3. The first kappa shape index (κ1) is 11.2. The molecule has 0 fully saturated rings. The van der Waals surface area contributed by atoms with Crippen LogP contribution in [0.2, 0.25) is 0 Å². The largest absolute Gasteiger partial charge is 0.504 e. The van der Waals surface area contributed by atoms with Crippen molar-refractivity contribution >= 4 is 17.9 Å². The number of carbonyl (C=O) groups is 1. The van der Waals surface area contributed by atoms with Gasteiger partial charge >= 0.3 is 5.97 Å². The summed E-state index contributed by atoms with van der Waals surface area (Å²) >= 11 is 0. The Balaban J connectivity index is 2.36. The number of cyclic esters (lactones) is 1. The third-order valence-electron chi connectivity index (χ3n) is 2.23. The molecule has 1 heterocycles. The van der Waals surface area contributed by atoms with Crippen LogP contribution in [-0.4, -0.2) is 24.1 Å². The molecular formula is C12H11NO4. The Morgan fingerprint density at radius 1 is 1.47 bits per heavy atom. The lowest BCUT2D eigenvalue weighted by atomic mass is 10.2. The number of aromatic hydroxyl groups is 1. The highest BCUT2D eigenvalue weighted by Crippen LogP contribution is 2.27. The van der Waals surface area contributed by atoms with Crippen molar-refractivity contribution in [2.75, 3.05) is 7.11 Å². The van der Waals surface area contributed by atoms with Crippen LogP contribution >= 0.6 is 0 Å². The Labute approximate surface area is 98.0 Å². The number of carbonyl (C=O) groups excluding carboxylic acids is 1. The summed E-state index contributed by atoms with van der Waals surface area (Å²) in [6.45, 7) is 1.61. The molecule has 1 N–H and O–H groups in total. The van der Waals surface area contributed by atoms with Gasteiger partial charge in [0, 0.05) is 6.92 Å². The Morgan fingerprint density at radius 2 is 2.24 bits per heavy atom. The molecule has 5 nitrogen and oxygen atoms in total. The summed E-state index contributed by atoms with van der Waals surface area (Å²) in [5, 5.41) is 9.42. The van der Waals surface area contributed by atoms with Crippen LogP contribution in [0.15, 0.2) is 28.9 Å². The lowest BCUT2D eigenvalue weighted by Gasteiger charge is -2.03. The highest BCUT2D eigenvalue weighted by atomic mass is 16.6. The van der Waals surface area contributed by atoms with E-state index in [1.807, 2.05) is 0 Å². The number of phenols is 1. The van der Waals surface area contributed by atoms with E-state index in [4.69, 9.17) is 9.47 Å². The van der Waals surface area contributed by atoms with Crippen LogP contribution in [0.25, 0.3) is 6.08 Å². The van der Waals surface area contributed by atoms with Gasteiger partial charge in [0.1, 0.15) is 0 Å². The van der Waals surface area contributed by atoms with Crippen molar-refractivity contribution in [3.05, 3.63) is 29.5 Å². The highest BCUT2D eigenvalue weighted by Gasteiger charge is 2.19. The average Bonchev–Trinajstić information content (AvgIpc) is 2.60. The number of nitrogens with zero attached hydrogens (tertiary/aromatic N) is 1. The van der Waals surface area contributed by atoms with Crippen molar-refractivity contribution in [2.24, 2.45) is 4.99 Å². The molecule has 0 bridgehead atoms. The van der Waals surface area contributed by atoms with Gasteiger partial charge in [-0.3, -0.25) is 0 Å². The molecule has 0 atom stereocenters. The molecule has 1 aromatic carbocycles. The minimum Gasteiger partial charge on any atom is -0.504 e. The molecule has 0 saturated carbocycles. The average molecular weight is 236 g/mol. The maximum absolute atomic E-state index is 11.3. The van der Waals surface area contributed by atoms with Crippen LogP contribution in [0.1, 0.15) is 12.5 Å². The van der Waals surface area contributed by atoms with Gasteiger partial charge in [-0.2, -0.15) is 0 Å². The van der Waals surface area contributed by atoms with Crippen LogP contribution in [0.5, 0.6) is 11.5 Å². The normalized spacial score (nSPS) is 16.9. The number of hydrogen-bond acceptors (Lipinski definition) is 5. The predicted octanol–water partition coefficient (Wildman–Crippen LogP) is 1.72. The lowest BCUT2D eigenvalue weighted by Crippen LogP contribution is -1.99. The smallest absolute Gasteiger partial charge is 0.363 e. The third kappa shape index (κ3) is 2.28. The summed E-state index contributed by atoms with van der Waals surface area (Å²) in [5.41, 5.74) is 0.931. The van der Waals surface area contributed by atoms with E-state index in [2.05, 4.69) is 4.99 Å². The fourth-order valence-electron chi connectivity index (χ4n) is 1.46. The third-order valence-corrected chi connectivity index (χ3v) is 2.23. The first-order chi connectivity index (χ1) is 8.10. The van der Waals surface area contributed by atoms with Crippen molar-refractivity contribution < 1.29 is 19.4 Å². The van der Waals surface area contributed by atoms with Gasteiger partial charge in [0.2, 0.25) is 0 Å². The van der Waals surface area contributed by atoms with Crippen molar-refractivity contribution in [3.8, 4) is 11.5 Å². The van der Waals surface area contributed by atoms with Gasteiger partial charge < -0.3 is 14.6 Å². The molecule has 0 saturated heterocycles. The Kier molecular flexibility index (Phi) is 2.82. The molecule has 0 amide bonds. The molecule has 0 aromatic heterocycles. The number of hydrogen-bond donors (Lipinski definition) is 1. The highest BCUT2D eigenvalue weighted by molar-refractivity contribution is 6.06. The Bertz CT molecular complexity index is 531. The van der Waals surface area contributed by atoms with Crippen LogP contribution < -0.4 is 4.74 Å². The second-order valence-corrected chi connectivity index (χ2v) is 3.48. The Hall–Kier alpha value is -2.30. The summed E-state index contributed by atoms with van der Waals surface area (Å²) in [5.74, 6) is 0.233. The molecule has 1 aromatic rings. The van der Waals surface area contributed by atoms with E-state index in [0.717, 1.165) is 0 Å². The van der Waals surface area contributed by atoms with Gasteiger partial charge in [0.25, 0.3) is 0 Å². The first-order valence-electron chi connectivity index (χ1n) is 4.96. The zero-order chi connectivity index (χ0) is 12.4. The zero-order valence-electron chi connectivity index (χ0n) is 9.43. The summed E-state index contributed by atoms with van der Waals surface area (Å²) in [4.78, 5) is 15.3. The minimum absolute atomic E-state index is 0.0448. The molecular weight excluding hydrogens is 225 g/mol. The van der Waals surface area contributed by atoms with E-state index < -0.39 is 5.97 Å². The first-order valence-corrected chi connectivity index (χ1v) is 4.96. The molecule has 88 valence electrons. The van der Waals surface area contributed by atoms with E-state index in [-0.39, 0.29) is 11.4 Å². The summed E-state index contributed by atoms with van der Waals surface area (Å²) in [7, 11) is 1.46. The topological polar surface area (TPSA) is 68.1 Å². The summed E-state index contributed by atoms with van der Waals surface area (Å²) < 4.78 is 9.76. The number of esters is 1. The molecule has 0 spiro atoms. The van der Waals surface area contributed by atoms with Gasteiger partial charge in [-0.15, -0.1) is 0 Å². The van der Waals surface area contributed by atoms with E-state index >= 15 is 0 Å². The van der Waals surface area contributed by atoms with E-state index in [0.29, 0.717) is 17.2 Å². The van der Waals surface area contributed by atoms with Crippen LogP contribution in [0, 0.1) is 0 Å². The van der Waals surface area contributed by atoms with Crippen LogP contribution in [-0.2, 0) is 9.53 Å². The molecule has 0 radical (unpaired) electrons. The fourth-order valence-corrected chi connectivity index (χ4v) is 1.46. The zero-order valence-corrected chi connectivity index (χ0v) is 9.43. The van der Waals surface area contributed by atoms with Gasteiger partial charge in [0.05, 0.1) is 7.11 Å². The molecule has 1 aliphatic heterocycles. The van der Waals surface area contributed by atoms with Crippen molar-refractivity contribution in [1.29, 1.82) is 0 Å². The second-order valence-electron chi connectivity index (χ2n) is 3.48.